The van der Waals surface area contributed by atoms with Crippen molar-refractivity contribution in [3.05, 3.63) is 71.8 Å². The van der Waals surface area contributed by atoms with E-state index >= 15 is 0 Å². The fourth-order valence-electron chi connectivity index (χ4n) is 3.21. The van der Waals surface area contributed by atoms with E-state index in [4.69, 9.17) is 14.2 Å². The Morgan fingerprint density at radius 3 is 2.00 bits per heavy atom. The fraction of sp³-hybridized carbons (Fsp3) is 0.286. The molecule has 0 bridgehead atoms. The van der Waals surface area contributed by atoms with E-state index in [2.05, 4.69) is 4.99 Å². The van der Waals surface area contributed by atoms with Gasteiger partial charge in [-0.2, -0.15) is 0 Å². The normalized spacial score (nSPS) is 28.2. The number of thioether (sulfide) groups is 1. The molecule has 5 atom stereocenters. The third kappa shape index (κ3) is 4.18. The summed E-state index contributed by atoms with van der Waals surface area (Å²) in [5.41, 5.74) is -0.0777. The second-order valence-electron chi connectivity index (χ2n) is 6.58. The van der Waals surface area contributed by atoms with Gasteiger partial charge in [0, 0.05) is 0 Å². The number of ether oxygens (including phenoxy) is 3. The third-order valence-corrected chi connectivity index (χ3v) is 5.65. The zero-order valence-electron chi connectivity index (χ0n) is 15.4. The molecule has 0 aromatic heterocycles. The second kappa shape index (κ2) is 8.34. The van der Waals surface area contributed by atoms with Crippen LogP contribution in [0.3, 0.4) is 0 Å². The lowest BCUT2D eigenvalue weighted by Gasteiger charge is -2.38. The second-order valence-corrected chi connectivity index (χ2v) is 7.88. The van der Waals surface area contributed by atoms with Crippen LogP contribution in [0, 0.1) is 0 Å². The summed E-state index contributed by atoms with van der Waals surface area (Å²) in [6.07, 6.45) is -4.51. The molecule has 2 aromatic rings. The van der Waals surface area contributed by atoms with Gasteiger partial charge in [0.2, 0.25) is 6.36 Å². The van der Waals surface area contributed by atoms with Crippen LogP contribution in [0.25, 0.3) is 0 Å². The zero-order valence-corrected chi connectivity index (χ0v) is 16.3. The summed E-state index contributed by atoms with van der Waals surface area (Å²) in [5, 5.41) is 0.683. The Hall–Kier alpha value is -2.71. The van der Waals surface area contributed by atoms with Crippen molar-refractivity contribution in [2.75, 3.05) is 0 Å². The Kier molecular flexibility index (Phi) is 5.64. The van der Waals surface area contributed by atoms with Gasteiger partial charge < -0.3 is 14.2 Å². The minimum absolute atomic E-state index is 0.260. The number of fused-ring (bicyclic) bond motifs is 1. The van der Waals surface area contributed by atoms with Gasteiger partial charge in [-0.25, -0.2) is 14.0 Å². The summed E-state index contributed by atoms with van der Waals surface area (Å²) < 4.78 is 31.2. The highest BCUT2D eigenvalue weighted by molar-refractivity contribution is 8.14. The van der Waals surface area contributed by atoms with E-state index < -0.39 is 42.0 Å². The number of nitrogens with zero attached hydrogens (tertiary/aromatic N) is 1. The average molecular weight is 415 g/mol. The van der Waals surface area contributed by atoms with Gasteiger partial charge in [0.1, 0.15) is 11.5 Å². The first-order valence-electron chi connectivity index (χ1n) is 9.05. The summed E-state index contributed by atoms with van der Waals surface area (Å²) in [4.78, 5) is 29.5. The Balaban J connectivity index is 1.60. The lowest BCUT2D eigenvalue weighted by molar-refractivity contribution is -0.201. The molecule has 1 saturated heterocycles. The molecule has 0 radical (unpaired) electrons. The van der Waals surface area contributed by atoms with Crippen molar-refractivity contribution in [3.63, 3.8) is 0 Å². The molecular formula is C21H18FNO5S. The highest BCUT2D eigenvalue weighted by Gasteiger charge is 2.53. The number of benzene rings is 2. The molecule has 4 rings (SSSR count). The molecule has 0 N–H and O–H groups in total. The minimum atomic E-state index is -1.95. The zero-order chi connectivity index (χ0) is 20.4. The van der Waals surface area contributed by atoms with Crippen LogP contribution in [0.1, 0.15) is 27.6 Å². The number of hydrogen-bond acceptors (Lipinski definition) is 7. The molecule has 0 unspecified atom stereocenters. The van der Waals surface area contributed by atoms with Crippen LogP contribution in [0.4, 0.5) is 4.39 Å². The first kappa shape index (κ1) is 19.6. The van der Waals surface area contributed by atoms with Crippen molar-refractivity contribution in [1.29, 1.82) is 0 Å². The summed E-state index contributed by atoms with van der Waals surface area (Å²) in [7, 11) is 0. The lowest BCUT2D eigenvalue weighted by atomic mass is 10.0. The van der Waals surface area contributed by atoms with E-state index in [0.717, 1.165) is 0 Å². The molecule has 150 valence electrons. The molecular weight excluding hydrogens is 397 g/mol. The molecule has 0 aliphatic carbocycles. The standard InChI is InChI=1S/C21H18FNO5S/c1-12-23-15-16(26-19(24)13-8-4-2-5-9-13)17(18(22)28-21(15)29-12)27-20(25)14-10-6-3-7-11-14/h2-11,15-18,21H,1H3/t15-,16-,17+,18+,21-/m1/s1. The van der Waals surface area contributed by atoms with Crippen molar-refractivity contribution < 1.29 is 28.2 Å². The Bertz CT molecular complexity index is 923. The highest BCUT2D eigenvalue weighted by Crippen LogP contribution is 2.39. The largest absolute Gasteiger partial charge is 0.452 e. The number of carbonyl (C=O) groups excluding carboxylic acids is 2. The van der Waals surface area contributed by atoms with Crippen LogP contribution in [0.5, 0.6) is 0 Å². The monoisotopic (exact) mass is 415 g/mol. The van der Waals surface area contributed by atoms with Crippen LogP contribution < -0.4 is 0 Å². The van der Waals surface area contributed by atoms with Crippen molar-refractivity contribution in [2.24, 2.45) is 4.99 Å². The summed E-state index contributed by atoms with van der Waals surface area (Å²) in [5.74, 6) is -1.37. The van der Waals surface area contributed by atoms with Gasteiger partial charge in [-0.05, 0) is 31.2 Å². The van der Waals surface area contributed by atoms with Gasteiger partial charge in [0.15, 0.2) is 12.2 Å². The number of carbonyl (C=O) groups is 2. The topological polar surface area (TPSA) is 74.2 Å². The number of aliphatic imine (C=N–C) groups is 1. The van der Waals surface area contributed by atoms with Crippen LogP contribution in [0.15, 0.2) is 65.7 Å². The maximum Gasteiger partial charge on any atom is 0.338 e. The lowest BCUT2D eigenvalue weighted by Crippen LogP contribution is -2.56. The smallest absolute Gasteiger partial charge is 0.338 e. The van der Waals surface area contributed by atoms with E-state index in [-0.39, 0.29) is 5.56 Å². The highest BCUT2D eigenvalue weighted by atomic mass is 32.2. The van der Waals surface area contributed by atoms with Gasteiger partial charge in [-0.3, -0.25) is 4.99 Å². The summed E-state index contributed by atoms with van der Waals surface area (Å²) in [6, 6.07) is 15.9. The van der Waals surface area contributed by atoms with E-state index in [9.17, 15) is 14.0 Å². The maximum absolute atomic E-state index is 14.8. The summed E-state index contributed by atoms with van der Waals surface area (Å²) >= 11 is 1.25. The molecule has 6 nitrogen and oxygen atoms in total. The van der Waals surface area contributed by atoms with E-state index in [1.807, 2.05) is 0 Å². The van der Waals surface area contributed by atoms with E-state index in [1.54, 1.807) is 67.6 Å². The van der Waals surface area contributed by atoms with Crippen molar-refractivity contribution in [3.8, 4) is 0 Å². The summed E-state index contributed by atoms with van der Waals surface area (Å²) in [6.45, 7) is 1.76. The maximum atomic E-state index is 14.8. The number of rotatable bonds is 4. The Morgan fingerprint density at radius 2 is 1.45 bits per heavy atom. The van der Waals surface area contributed by atoms with Gasteiger partial charge in [0.05, 0.1) is 16.2 Å². The average Bonchev–Trinajstić information content (AvgIpc) is 3.11. The van der Waals surface area contributed by atoms with Crippen LogP contribution in [0.2, 0.25) is 0 Å². The van der Waals surface area contributed by atoms with Crippen molar-refractivity contribution in [1.82, 2.24) is 0 Å². The molecule has 2 heterocycles. The molecule has 29 heavy (non-hydrogen) atoms. The fourth-order valence-corrected chi connectivity index (χ4v) is 4.25. The quantitative estimate of drug-likeness (QED) is 0.710. The number of alkyl halides is 1. The molecule has 2 aliphatic heterocycles. The van der Waals surface area contributed by atoms with Crippen molar-refractivity contribution in [2.45, 2.75) is 37.0 Å². The molecule has 0 amide bonds. The molecule has 2 aliphatic rings. The Morgan fingerprint density at radius 1 is 0.931 bits per heavy atom. The molecule has 0 saturated carbocycles. The third-order valence-electron chi connectivity index (χ3n) is 4.58. The number of esters is 2. The van der Waals surface area contributed by atoms with E-state index in [0.29, 0.717) is 10.6 Å². The minimum Gasteiger partial charge on any atom is -0.452 e. The van der Waals surface area contributed by atoms with Crippen LogP contribution in [-0.2, 0) is 14.2 Å². The first-order valence-corrected chi connectivity index (χ1v) is 9.93. The molecule has 1 fully saturated rings. The number of halogens is 1. The van der Waals surface area contributed by atoms with E-state index in [1.165, 1.54) is 11.8 Å². The van der Waals surface area contributed by atoms with Gasteiger partial charge in [0.25, 0.3) is 0 Å². The van der Waals surface area contributed by atoms with Crippen LogP contribution in [-0.4, -0.2) is 47.0 Å². The van der Waals surface area contributed by atoms with Crippen molar-refractivity contribution >= 4 is 28.7 Å². The molecule has 0 spiro atoms. The predicted molar refractivity (Wildman–Crippen MR) is 106 cm³/mol. The Labute approximate surface area is 171 Å². The number of hydrogen-bond donors (Lipinski definition) is 0. The first-order chi connectivity index (χ1) is 14.0. The van der Waals surface area contributed by atoms with Gasteiger partial charge in [-0.1, -0.05) is 48.2 Å². The van der Waals surface area contributed by atoms with Gasteiger partial charge >= 0.3 is 11.9 Å². The van der Waals surface area contributed by atoms with Gasteiger partial charge in [-0.15, -0.1) is 0 Å². The molecule has 8 heteroatoms. The molecule has 2 aromatic carbocycles. The SMILES string of the molecule is CC1=N[C@@H]2[C@@H](OC(=O)c3ccccc3)[C@H](OC(=O)c3ccccc3)[C@@H](F)O[C@@H]2S1. The van der Waals surface area contributed by atoms with Crippen LogP contribution >= 0.6 is 11.8 Å². The predicted octanol–water partition coefficient (Wildman–Crippen LogP) is 3.62.